The van der Waals surface area contributed by atoms with Gasteiger partial charge in [-0.3, -0.25) is 47.8 Å². The van der Waals surface area contributed by atoms with Crippen molar-refractivity contribution in [3.63, 3.8) is 0 Å². The van der Waals surface area contributed by atoms with Crippen LogP contribution in [0.2, 0.25) is 0 Å². The molecule has 1 saturated heterocycles. The van der Waals surface area contributed by atoms with E-state index in [1.165, 1.54) is 44.5 Å². The van der Waals surface area contributed by atoms with Gasteiger partial charge in [-0.1, -0.05) is 116 Å². The summed E-state index contributed by atoms with van der Waals surface area (Å²) in [5, 5.41) is 44.7. The highest BCUT2D eigenvalue weighted by Gasteiger charge is 2.44. The number of primary amides is 1. The van der Waals surface area contributed by atoms with Gasteiger partial charge in [0.15, 0.2) is 14.9 Å². The molecule has 117 heavy (non-hydrogen) atoms. The van der Waals surface area contributed by atoms with Crippen molar-refractivity contribution in [2.75, 3.05) is 100 Å². The summed E-state index contributed by atoms with van der Waals surface area (Å²) in [7, 11) is 2.62. The Labute approximate surface area is 685 Å². The van der Waals surface area contributed by atoms with Crippen molar-refractivity contribution in [3.8, 4) is 6.07 Å². The first-order valence-corrected chi connectivity index (χ1v) is 42.3. The third-order valence-corrected chi connectivity index (χ3v) is 22.3. The predicted octanol–water partition coefficient (Wildman–Crippen LogP) is 3.40. The van der Waals surface area contributed by atoms with Crippen LogP contribution in [-0.4, -0.2) is 267 Å². The van der Waals surface area contributed by atoms with Gasteiger partial charge in [0.25, 0.3) is 13.7 Å². The Bertz CT molecular complexity index is 4220. The van der Waals surface area contributed by atoms with Gasteiger partial charge in [0, 0.05) is 66.1 Å². The number of sulfone groups is 1. The predicted molar refractivity (Wildman–Crippen MR) is 428 cm³/mol. The molecule has 0 aliphatic carbocycles. The van der Waals surface area contributed by atoms with Crippen LogP contribution >= 0.6 is 7.82 Å². The van der Waals surface area contributed by atoms with Crippen LogP contribution in [0.4, 0.5) is 15.3 Å². The molecule has 11 amide bonds. The van der Waals surface area contributed by atoms with Gasteiger partial charge in [0.2, 0.25) is 41.4 Å². The third-order valence-electron chi connectivity index (χ3n) is 20.3. The molecule has 37 nitrogen and oxygen atoms in total. The molecule has 1 unspecified atom stereocenters. The first kappa shape index (κ1) is 98.0. The number of phosphoric ester groups is 1. The minimum atomic E-state index is -4.87. The second-order valence-corrected chi connectivity index (χ2v) is 34.9. The maximum atomic E-state index is 14.9. The molecule has 13 atom stereocenters. The van der Waals surface area contributed by atoms with Crippen LogP contribution in [0.3, 0.4) is 0 Å². The number of hydrogen-bond acceptors (Lipinski definition) is 24. The number of nitrogens with zero attached hydrogens (tertiary/aromatic N) is 10. The van der Waals surface area contributed by atoms with Gasteiger partial charge >= 0.3 is 12.1 Å². The normalized spacial score (nSPS) is 16.4. The van der Waals surface area contributed by atoms with E-state index in [-0.39, 0.29) is 73.7 Å². The monoisotopic (exact) mass is 1680 g/mol. The summed E-state index contributed by atoms with van der Waals surface area (Å²) >= 11 is 0. The summed E-state index contributed by atoms with van der Waals surface area (Å²) in [4.78, 5) is 161. The van der Waals surface area contributed by atoms with E-state index in [4.69, 9.17) is 29.0 Å². The Morgan fingerprint density at radius 2 is 1.48 bits per heavy atom. The number of methoxy groups -OCH3 is 2. The molecule has 4 aromatic rings. The van der Waals surface area contributed by atoms with E-state index in [2.05, 4.69) is 47.2 Å². The van der Waals surface area contributed by atoms with Crippen molar-refractivity contribution in [2.45, 2.75) is 193 Å². The number of urea groups is 1. The summed E-state index contributed by atoms with van der Waals surface area (Å²) in [5.74, 6) is -7.16. The van der Waals surface area contributed by atoms with Crippen LogP contribution in [0.5, 0.6) is 0 Å². The SMILES string of the molecule is CC[C@H](C)[C@@H]([C@@H](CC(=O)N1CCC[C@H]1[C@H](OC)[C@@H](C)C(=O)N[C@H](C)[C@@H](O)c1ccccc1)OC)N(C)C(=O)[C@@H](NC(=O)[C@H](C(C)C)N(C)C(=O)OCc1ccc(NC(=O)[C@H](CCCNC(N)=O)NC(=O)[C@@H](NC(=O)Cn2cc(CN(CCOP(=O)([O-])OCC[N+](C)(C)C)C(=O)c3cnc(S(C)(=O)=O)c(C#N)c3)nn2)C(C)C)cc1)C(C)C. The number of aliphatic hydroxyl groups excluding tert-OH is 1. The molecule has 9 N–H and O–H groups in total. The number of anilines is 1. The lowest BCUT2D eigenvalue weighted by Crippen LogP contribution is -2.60. The van der Waals surface area contributed by atoms with E-state index in [1.807, 2.05) is 41.1 Å². The molecule has 5 rings (SSSR count). The Morgan fingerprint density at radius 1 is 0.829 bits per heavy atom. The highest BCUT2D eigenvalue weighted by Crippen LogP contribution is 2.38. The van der Waals surface area contributed by atoms with Crippen LogP contribution in [0, 0.1) is 40.9 Å². The van der Waals surface area contributed by atoms with Gasteiger partial charge in [-0.2, -0.15) is 5.26 Å². The zero-order valence-electron chi connectivity index (χ0n) is 70.3. The number of carbonyl (C=O) groups is 10. The number of nitriles is 1. The minimum absolute atomic E-state index is 0.0284. The standard InChI is InChI=1S/C78H120N17O20PS/c1-19-50(8)67(61(111-16)40-63(97)94-34-24-28-60(94)69(112-17)51(9)70(99)83-52(10)68(98)54-25-21-20-22-26-54)90(11)76(104)65(48(4)5)87-73(102)66(49(6)7)91(12)78(106)113-46-53-29-31-57(32-30-53)84-71(100)59(27-23-33-81-77(80)105)85-72(101)64(47(2)3)86-62(96)45-93-44-58(88-89-93)43-92(35-37-114-116(107,108)115-38-36-95(13,14)15)75(103)56-39-55(41-79)74(82-42-56)117(18,109)110/h20-22,25-26,29-32,39,42,44,47-52,59-61,64-69,98H,19,23-24,27-28,33-38,40,43,45-46H2,1-18H3,(H8-,80,81,83,84,85,86,87,96,99,100,101,102,105,107,108)/t50-,51+,52+,59-,60-,61+,64-,65-,66-,67-,68+,69+/m0/s1. The number of ether oxygens (including phenoxy) is 3. The smallest absolute Gasteiger partial charge is 0.410 e. The van der Waals surface area contributed by atoms with Crippen molar-refractivity contribution < 1.29 is 98.7 Å². The van der Waals surface area contributed by atoms with Crippen LogP contribution in [0.1, 0.15) is 147 Å². The van der Waals surface area contributed by atoms with Crippen LogP contribution in [-0.2, 0) is 90.9 Å². The third kappa shape index (κ3) is 29.8. The molecule has 2 aromatic carbocycles. The van der Waals surface area contributed by atoms with Gasteiger partial charge < -0.3 is 90.1 Å². The average Bonchev–Trinajstić information content (AvgIpc) is 1.80. The highest BCUT2D eigenvalue weighted by molar-refractivity contribution is 7.90. The molecular weight excluding hydrogens is 1560 g/mol. The van der Waals surface area contributed by atoms with E-state index in [9.17, 15) is 76.2 Å². The van der Waals surface area contributed by atoms with E-state index in [1.54, 1.807) is 110 Å². The number of nitrogens with two attached hydrogens (primary N) is 1. The van der Waals surface area contributed by atoms with Crippen LogP contribution in [0.25, 0.3) is 0 Å². The fourth-order valence-corrected chi connectivity index (χ4v) is 15.0. The molecule has 1 aliphatic rings. The molecule has 1 fully saturated rings. The molecule has 2 aromatic heterocycles. The van der Waals surface area contributed by atoms with Gasteiger partial charge in [-0.15, -0.1) is 5.10 Å². The number of likely N-dealkylation sites (N-methyl/N-ethyl adjacent to an activating group) is 3. The van der Waals surface area contributed by atoms with E-state index in [0.717, 1.165) is 33.0 Å². The first-order chi connectivity index (χ1) is 54.9. The lowest BCUT2D eigenvalue weighted by molar-refractivity contribution is -0.870. The number of hydrogen-bond donors (Lipinski definition) is 8. The lowest BCUT2D eigenvalue weighted by atomic mass is 9.89. The molecular formula is C78H120N17O20PS. The summed E-state index contributed by atoms with van der Waals surface area (Å²) in [6.07, 6.45) is 1.57. The molecule has 1 aliphatic heterocycles. The van der Waals surface area contributed by atoms with Gasteiger partial charge in [-0.05, 0) is 85.6 Å². The number of likely N-dealkylation sites (tertiary alicyclic amines) is 1. The van der Waals surface area contributed by atoms with Crippen LogP contribution in [0.15, 0.2) is 78.1 Å². The fourth-order valence-electron chi connectivity index (χ4n) is 13.6. The average molecular weight is 1680 g/mol. The summed E-state index contributed by atoms with van der Waals surface area (Å²) < 4.78 is 66.6. The Balaban J connectivity index is 1.21. The number of pyridine rings is 1. The lowest BCUT2D eigenvalue weighted by Gasteiger charge is -2.41. The van der Waals surface area contributed by atoms with E-state index >= 15 is 0 Å². The number of benzene rings is 2. The maximum Gasteiger partial charge on any atom is 0.410 e. The molecule has 648 valence electrons. The largest absolute Gasteiger partial charge is 0.756 e. The number of aromatic nitrogens is 4. The summed E-state index contributed by atoms with van der Waals surface area (Å²) in [5.41, 5.74) is 6.06. The number of quaternary nitrogens is 1. The first-order valence-electron chi connectivity index (χ1n) is 38.9. The van der Waals surface area contributed by atoms with Crippen molar-refractivity contribution in [3.05, 3.63) is 101 Å². The summed E-state index contributed by atoms with van der Waals surface area (Å²) in [6, 6.07) is 10.6. The number of phosphoric acid groups is 1. The zero-order valence-corrected chi connectivity index (χ0v) is 72.0. The van der Waals surface area contributed by atoms with Crippen LogP contribution < -0.4 is 42.5 Å². The molecule has 39 heteroatoms. The Morgan fingerprint density at radius 3 is 2.06 bits per heavy atom. The number of aliphatic hydroxyl groups is 1. The molecule has 0 saturated carbocycles. The second kappa shape index (κ2) is 45.4. The Hall–Kier alpha value is -9.58. The second-order valence-electron chi connectivity index (χ2n) is 31.5. The number of rotatable bonds is 46. The molecule has 0 bridgehead atoms. The number of carbonyl (C=O) groups excluding carboxylic acids is 10. The number of amides is 11. The van der Waals surface area contributed by atoms with Gasteiger partial charge in [-0.25, -0.2) is 27.7 Å². The van der Waals surface area contributed by atoms with Crippen molar-refractivity contribution in [1.82, 2.24) is 66.2 Å². The van der Waals surface area contributed by atoms with Gasteiger partial charge in [0.1, 0.15) is 62.2 Å². The van der Waals surface area contributed by atoms with Crippen molar-refractivity contribution >= 4 is 82.7 Å². The Kier molecular flexibility index (Phi) is 38.0. The molecule has 3 heterocycles. The fraction of sp³-hybridized carbons (Fsp3) is 0.615. The van der Waals surface area contributed by atoms with Crippen molar-refractivity contribution in [1.29, 1.82) is 5.26 Å². The zero-order chi connectivity index (χ0) is 87.6. The van der Waals surface area contributed by atoms with Crippen molar-refractivity contribution in [2.24, 2.45) is 35.3 Å². The topological polar surface area (TPSA) is 490 Å². The number of nitrogens with one attached hydrogen (secondary N) is 6. The van der Waals surface area contributed by atoms with E-state index in [0.29, 0.717) is 48.0 Å². The van der Waals surface area contributed by atoms with Gasteiger partial charge in [0.05, 0.1) is 100 Å². The summed E-state index contributed by atoms with van der Waals surface area (Å²) in [6.45, 7) is 16.0. The quantitative estimate of drug-likeness (QED) is 0.0178. The maximum absolute atomic E-state index is 14.9. The molecule has 0 spiro atoms. The molecule has 0 radical (unpaired) electrons. The van der Waals surface area contributed by atoms with E-state index < -0.39 is 186 Å². The minimum Gasteiger partial charge on any atom is -0.756 e. The highest BCUT2D eigenvalue weighted by atomic mass is 32.2.